The monoisotopic (exact) mass is 270 g/mol. The smallest absolute Gasteiger partial charge is 0.139 e. The zero-order valence-corrected chi connectivity index (χ0v) is 12.0. The van der Waals surface area contributed by atoms with Crippen LogP contribution in [0.15, 0.2) is 29.2 Å². The van der Waals surface area contributed by atoms with Crippen molar-refractivity contribution in [3.05, 3.63) is 30.1 Å². The normalized spacial score (nSPS) is 27.1. The molecular formula is C14H19FO2S. The molecule has 1 fully saturated rings. The lowest BCUT2D eigenvalue weighted by molar-refractivity contribution is -0.0633. The Labute approximate surface area is 110 Å². The SMILES string of the molecule is CC1(C)CC(S(=O)c2ccccc2F)C(C)(C)O1. The molecule has 1 saturated heterocycles. The van der Waals surface area contributed by atoms with Crippen molar-refractivity contribution in [3.8, 4) is 0 Å². The molecule has 0 amide bonds. The summed E-state index contributed by atoms with van der Waals surface area (Å²) in [5, 5.41) is -0.190. The summed E-state index contributed by atoms with van der Waals surface area (Å²) >= 11 is 0. The second-order valence-electron chi connectivity index (χ2n) is 5.89. The van der Waals surface area contributed by atoms with Gasteiger partial charge in [0.2, 0.25) is 0 Å². The van der Waals surface area contributed by atoms with Gasteiger partial charge in [-0.25, -0.2) is 4.39 Å². The molecule has 1 aromatic carbocycles. The minimum atomic E-state index is -1.39. The van der Waals surface area contributed by atoms with Gasteiger partial charge in [0.15, 0.2) is 0 Å². The van der Waals surface area contributed by atoms with E-state index in [2.05, 4.69) is 0 Å². The van der Waals surface area contributed by atoms with Crippen molar-refractivity contribution in [3.63, 3.8) is 0 Å². The van der Waals surface area contributed by atoms with Crippen LogP contribution >= 0.6 is 0 Å². The first-order valence-electron chi connectivity index (χ1n) is 6.08. The van der Waals surface area contributed by atoms with Crippen LogP contribution < -0.4 is 0 Å². The third-order valence-corrected chi connectivity index (χ3v) is 5.32. The number of rotatable bonds is 2. The Morgan fingerprint density at radius 2 is 1.89 bits per heavy atom. The molecule has 100 valence electrons. The number of hydrogen-bond donors (Lipinski definition) is 0. The molecule has 0 spiro atoms. The predicted octanol–water partition coefficient (Wildman–Crippen LogP) is 3.28. The molecule has 4 heteroatoms. The fraction of sp³-hybridized carbons (Fsp3) is 0.571. The van der Waals surface area contributed by atoms with Gasteiger partial charge in [0, 0.05) is 0 Å². The lowest BCUT2D eigenvalue weighted by atomic mass is 10.0. The van der Waals surface area contributed by atoms with Crippen LogP contribution in [0.1, 0.15) is 34.1 Å². The lowest BCUT2D eigenvalue weighted by Gasteiger charge is -2.26. The van der Waals surface area contributed by atoms with Crippen molar-refractivity contribution in [2.45, 2.75) is 55.5 Å². The van der Waals surface area contributed by atoms with Crippen molar-refractivity contribution in [1.82, 2.24) is 0 Å². The average molecular weight is 270 g/mol. The molecule has 0 N–H and O–H groups in total. The predicted molar refractivity (Wildman–Crippen MR) is 70.5 cm³/mol. The number of hydrogen-bond acceptors (Lipinski definition) is 2. The van der Waals surface area contributed by atoms with Gasteiger partial charge in [-0.15, -0.1) is 0 Å². The van der Waals surface area contributed by atoms with Crippen molar-refractivity contribution < 1.29 is 13.3 Å². The highest BCUT2D eigenvalue weighted by Crippen LogP contribution is 2.41. The van der Waals surface area contributed by atoms with Crippen molar-refractivity contribution in [2.24, 2.45) is 0 Å². The summed E-state index contributed by atoms with van der Waals surface area (Å²) < 4.78 is 32.2. The van der Waals surface area contributed by atoms with Crippen LogP contribution in [0.3, 0.4) is 0 Å². The van der Waals surface area contributed by atoms with Gasteiger partial charge < -0.3 is 4.74 Å². The van der Waals surface area contributed by atoms with E-state index in [1.807, 2.05) is 27.7 Å². The van der Waals surface area contributed by atoms with Crippen molar-refractivity contribution in [1.29, 1.82) is 0 Å². The summed E-state index contributed by atoms with van der Waals surface area (Å²) in [5.41, 5.74) is -0.814. The van der Waals surface area contributed by atoms with Gasteiger partial charge in [0.25, 0.3) is 0 Å². The fourth-order valence-electron chi connectivity index (χ4n) is 2.61. The lowest BCUT2D eigenvalue weighted by Crippen LogP contribution is -2.36. The first kappa shape index (κ1) is 13.7. The van der Waals surface area contributed by atoms with E-state index < -0.39 is 22.2 Å². The van der Waals surface area contributed by atoms with Gasteiger partial charge in [-0.2, -0.15) is 0 Å². The largest absolute Gasteiger partial charge is 0.368 e. The maximum absolute atomic E-state index is 13.7. The summed E-state index contributed by atoms with van der Waals surface area (Å²) in [6.45, 7) is 7.80. The average Bonchev–Trinajstić information content (AvgIpc) is 2.46. The van der Waals surface area contributed by atoms with Crippen LogP contribution in [0.25, 0.3) is 0 Å². The van der Waals surface area contributed by atoms with Gasteiger partial charge in [0.1, 0.15) is 5.82 Å². The van der Waals surface area contributed by atoms with E-state index in [1.54, 1.807) is 18.2 Å². The highest BCUT2D eigenvalue weighted by atomic mass is 32.2. The molecule has 2 atom stereocenters. The molecule has 1 aliphatic rings. The Kier molecular flexibility index (Phi) is 3.36. The van der Waals surface area contributed by atoms with Crippen molar-refractivity contribution >= 4 is 10.8 Å². The van der Waals surface area contributed by atoms with E-state index >= 15 is 0 Å². The van der Waals surface area contributed by atoms with Crippen LogP contribution in [0.2, 0.25) is 0 Å². The molecule has 2 unspecified atom stereocenters. The maximum Gasteiger partial charge on any atom is 0.139 e. The Bertz CT molecular complexity index is 482. The highest BCUT2D eigenvalue weighted by Gasteiger charge is 2.49. The van der Waals surface area contributed by atoms with Crippen molar-refractivity contribution in [2.75, 3.05) is 0 Å². The minimum Gasteiger partial charge on any atom is -0.368 e. The van der Waals surface area contributed by atoms with E-state index in [0.717, 1.165) is 0 Å². The molecule has 0 bridgehead atoms. The van der Waals surface area contributed by atoms with Crippen LogP contribution in [0, 0.1) is 5.82 Å². The van der Waals surface area contributed by atoms with E-state index in [-0.39, 0.29) is 15.7 Å². The molecule has 0 saturated carbocycles. The molecular weight excluding hydrogens is 251 g/mol. The summed E-state index contributed by atoms with van der Waals surface area (Å²) in [5.74, 6) is -0.406. The highest BCUT2D eigenvalue weighted by molar-refractivity contribution is 7.85. The van der Waals surface area contributed by atoms with Crippen LogP contribution in [0.5, 0.6) is 0 Å². The third-order valence-electron chi connectivity index (χ3n) is 3.30. The molecule has 2 rings (SSSR count). The zero-order chi connectivity index (χ0) is 13.6. The van der Waals surface area contributed by atoms with Gasteiger partial charge in [0.05, 0.1) is 32.1 Å². The Hall–Kier alpha value is -0.740. The summed E-state index contributed by atoms with van der Waals surface area (Å²) in [4.78, 5) is 0.275. The number of benzene rings is 1. The molecule has 1 aromatic rings. The number of ether oxygens (including phenoxy) is 1. The molecule has 0 radical (unpaired) electrons. The van der Waals surface area contributed by atoms with Gasteiger partial charge in [-0.3, -0.25) is 4.21 Å². The molecule has 0 aromatic heterocycles. The third kappa shape index (κ3) is 2.50. The topological polar surface area (TPSA) is 26.3 Å². The Morgan fingerprint density at radius 3 is 2.39 bits per heavy atom. The quantitative estimate of drug-likeness (QED) is 0.824. The van der Waals surface area contributed by atoms with E-state index in [4.69, 9.17) is 4.74 Å². The summed E-state index contributed by atoms with van der Waals surface area (Å²) in [6.07, 6.45) is 0.668. The Balaban J connectivity index is 2.33. The second-order valence-corrected chi connectivity index (χ2v) is 7.49. The summed E-state index contributed by atoms with van der Waals surface area (Å²) in [7, 11) is -1.39. The van der Waals surface area contributed by atoms with E-state index in [9.17, 15) is 8.60 Å². The minimum absolute atomic E-state index is 0.190. The van der Waals surface area contributed by atoms with E-state index in [1.165, 1.54) is 6.07 Å². The standard InChI is InChI=1S/C14H19FO2S/c1-13(2)9-12(14(3,4)17-13)18(16)11-8-6-5-7-10(11)15/h5-8,12H,9H2,1-4H3. The molecule has 0 aliphatic carbocycles. The first-order valence-corrected chi connectivity index (χ1v) is 7.29. The summed E-state index contributed by atoms with van der Waals surface area (Å²) in [6, 6.07) is 6.26. The second kappa shape index (κ2) is 4.42. The molecule has 1 aliphatic heterocycles. The first-order chi connectivity index (χ1) is 8.23. The molecule has 18 heavy (non-hydrogen) atoms. The maximum atomic E-state index is 13.7. The van der Waals surface area contributed by atoms with Gasteiger partial charge >= 0.3 is 0 Å². The zero-order valence-electron chi connectivity index (χ0n) is 11.2. The molecule has 1 heterocycles. The number of halogens is 1. The van der Waals surface area contributed by atoms with Crippen LogP contribution in [-0.2, 0) is 15.5 Å². The fourth-order valence-corrected chi connectivity index (χ4v) is 4.50. The van der Waals surface area contributed by atoms with Gasteiger partial charge in [-0.05, 0) is 46.2 Å². The molecule has 2 nitrogen and oxygen atoms in total. The van der Waals surface area contributed by atoms with E-state index in [0.29, 0.717) is 6.42 Å². The van der Waals surface area contributed by atoms with Crippen LogP contribution in [0.4, 0.5) is 4.39 Å². The van der Waals surface area contributed by atoms with Crippen LogP contribution in [-0.4, -0.2) is 20.7 Å². The van der Waals surface area contributed by atoms with Gasteiger partial charge in [-0.1, -0.05) is 12.1 Å². The Morgan fingerprint density at radius 1 is 1.28 bits per heavy atom.